The topological polar surface area (TPSA) is 50.4 Å². The number of rotatable bonds is 4. The normalized spacial score (nSPS) is 18.7. The Bertz CT molecular complexity index is 431. The molecule has 1 unspecified atom stereocenters. The van der Waals surface area contributed by atoms with Crippen molar-refractivity contribution in [3.8, 4) is 5.75 Å². The second kappa shape index (κ2) is 5.82. The van der Waals surface area contributed by atoms with E-state index in [4.69, 9.17) is 4.74 Å². The summed E-state index contributed by atoms with van der Waals surface area (Å²) in [6, 6.07) is 4.54. The van der Waals surface area contributed by atoms with E-state index in [1.165, 1.54) is 25.3 Å². The first-order valence-electron chi connectivity index (χ1n) is 6.06. The van der Waals surface area contributed by atoms with Gasteiger partial charge in [-0.1, -0.05) is 0 Å². The first-order chi connectivity index (χ1) is 8.69. The highest BCUT2D eigenvalue weighted by molar-refractivity contribution is 5.91. The molecule has 1 heterocycles. The fraction of sp³-hybridized carbons (Fsp3) is 0.462. The summed E-state index contributed by atoms with van der Waals surface area (Å²) in [5, 5.41) is 6.00. The third-order valence-electron chi connectivity index (χ3n) is 3.03. The summed E-state index contributed by atoms with van der Waals surface area (Å²) in [6.45, 7) is 0.975. The van der Waals surface area contributed by atoms with Crippen molar-refractivity contribution in [3.05, 3.63) is 24.0 Å². The second-order valence-electron chi connectivity index (χ2n) is 4.39. The Kier molecular flexibility index (Phi) is 4.15. The molecule has 2 N–H and O–H groups in total. The zero-order valence-corrected chi connectivity index (χ0v) is 10.3. The van der Waals surface area contributed by atoms with Gasteiger partial charge in [0.1, 0.15) is 0 Å². The second-order valence-corrected chi connectivity index (χ2v) is 4.39. The van der Waals surface area contributed by atoms with Gasteiger partial charge in [-0.2, -0.15) is 0 Å². The minimum absolute atomic E-state index is 0.0666. The van der Waals surface area contributed by atoms with Crippen molar-refractivity contribution < 1.29 is 13.9 Å². The van der Waals surface area contributed by atoms with Crippen LogP contribution in [0.3, 0.4) is 0 Å². The standard InChI is InChI=1S/C13H17FN2O2/c1-18-12-7-10(4-5-11(12)14)16-13(17)8-9-3-2-6-15-9/h4-5,7,9,15H,2-3,6,8H2,1H3,(H,16,17). The van der Waals surface area contributed by atoms with Gasteiger partial charge in [0.2, 0.25) is 5.91 Å². The van der Waals surface area contributed by atoms with Crippen LogP contribution in [0, 0.1) is 5.82 Å². The molecule has 1 aliphatic rings. The number of hydrogen-bond acceptors (Lipinski definition) is 3. The molecule has 1 aliphatic heterocycles. The molecule has 0 spiro atoms. The molecule has 1 atom stereocenters. The number of nitrogens with one attached hydrogen (secondary N) is 2. The maximum Gasteiger partial charge on any atom is 0.225 e. The molecule has 0 bridgehead atoms. The van der Waals surface area contributed by atoms with Crippen LogP contribution in [0.5, 0.6) is 5.75 Å². The molecular formula is C13H17FN2O2. The molecule has 0 saturated carbocycles. The van der Waals surface area contributed by atoms with Crippen LogP contribution in [0.2, 0.25) is 0 Å². The smallest absolute Gasteiger partial charge is 0.225 e. The Hall–Kier alpha value is -1.62. The van der Waals surface area contributed by atoms with E-state index in [0.717, 1.165) is 19.4 Å². The van der Waals surface area contributed by atoms with Crippen LogP contribution in [-0.4, -0.2) is 25.6 Å². The summed E-state index contributed by atoms with van der Waals surface area (Å²) in [5.41, 5.74) is 0.552. The van der Waals surface area contributed by atoms with Crippen molar-refractivity contribution >= 4 is 11.6 Å². The average Bonchev–Trinajstić information content (AvgIpc) is 2.84. The van der Waals surface area contributed by atoms with Crippen molar-refractivity contribution in [1.29, 1.82) is 0 Å². The fourth-order valence-corrected chi connectivity index (χ4v) is 2.10. The minimum atomic E-state index is -0.437. The van der Waals surface area contributed by atoms with Crippen LogP contribution in [0.1, 0.15) is 19.3 Å². The summed E-state index contributed by atoms with van der Waals surface area (Å²) < 4.78 is 18.0. The van der Waals surface area contributed by atoms with Crippen molar-refractivity contribution in [2.24, 2.45) is 0 Å². The lowest BCUT2D eigenvalue weighted by Crippen LogP contribution is -2.27. The quantitative estimate of drug-likeness (QED) is 0.860. The van der Waals surface area contributed by atoms with Gasteiger partial charge in [-0.15, -0.1) is 0 Å². The van der Waals surface area contributed by atoms with Crippen LogP contribution in [0.25, 0.3) is 0 Å². The Balaban J connectivity index is 1.93. The highest BCUT2D eigenvalue weighted by Gasteiger charge is 2.17. The molecule has 1 saturated heterocycles. The number of carbonyl (C=O) groups excluding carboxylic acids is 1. The molecule has 98 valence electrons. The largest absolute Gasteiger partial charge is 0.494 e. The number of ether oxygens (including phenoxy) is 1. The molecule has 0 aromatic heterocycles. The third kappa shape index (κ3) is 3.20. The number of benzene rings is 1. The van der Waals surface area contributed by atoms with Crippen LogP contribution < -0.4 is 15.4 Å². The van der Waals surface area contributed by atoms with Crippen molar-refractivity contribution in [2.45, 2.75) is 25.3 Å². The maximum atomic E-state index is 13.2. The molecule has 1 aromatic carbocycles. The van der Waals surface area contributed by atoms with E-state index >= 15 is 0 Å². The molecule has 18 heavy (non-hydrogen) atoms. The average molecular weight is 252 g/mol. The van der Waals surface area contributed by atoms with Gasteiger partial charge in [-0.3, -0.25) is 4.79 Å². The van der Waals surface area contributed by atoms with Gasteiger partial charge in [0.25, 0.3) is 0 Å². The van der Waals surface area contributed by atoms with Gasteiger partial charge in [0, 0.05) is 24.2 Å². The molecule has 0 radical (unpaired) electrons. The number of methoxy groups -OCH3 is 1. The van der Waals surface area contributed by atoms with Crippen LogP contribution in [-0.2, 0) is 4.79 Å². The summed E-state index contributed by atoms with van der Waals surface area (Å²) >= 11 is 0. The molecule has 1 amide bonds. The highest BCUT2D eigenvalue weighted by Crippen LogP contribution is 2.21. The molecular weight excluding hydrogens is 235 g/mol. The van der Waals surface area contributed by atoms with E-state index in [-0.39, 0.29) is 17.7 Å². The van der Waals surface area contributed by atoms with Crippen molar-refractivity contribution in [3.63, 3.8) is 0 Å². The summed E-state index contributed by atoms with van der Waals surface area (Å²) in [7, 11) is 1.40. The molecule has 1 aromatic rings. The number of amides is 1. The number of anilines is 1. The SMILES string of the molecule is COc1cc(NC(=O)CC2CCCN2)ccc1F. The Labute approximate surface area is 106 Å². The Morgan fingerprint density at radius 2 is 2.44 bits per heavy atom. The zero-order valence-electron chi connectivity index (χ0n) is 10.3. The first kappa shape index (κ1) is 12.8. The molecule has 4 nitrogen and oxygen atoms in total. The minimum Gasteiger partial charge on any atom is -0.494 e. The third-order valence-corrected chi connectivity index (χ3v) is 3.03. The van der Waals surface area contributed by atoms with Gasteiger partial charge in [0.05, 0.1) is 7.11 Å². The van der Waals surface area contributed by atoms with Crippen LogP contribution in [0.15, 0.2) is 18.2 Å². The van der Waals surface area contributed by atoms with Crippen molar-refractivity contribution in [1.82, 2.24) is 5.32 Å². The van der Waals surface area contributed by atoms with E-state index in [2.05, 4.69) is 10.6 Å². The fourth-order valence-electron chi connectivity index (χ4n) is 2.10. The maximum absolute atomic E-state index is 13.2. The van der Waals surface area contributed by atoms with E-state index in [1.807, 2.05) is 0 Å². The Morgan fingerprint density at radius 3 is 3.11 bits per heavy atom. The van der Waals surface area contributed by atoms with Gasteiger partial charge in [-0.05, 0) is 31.5 Å². The lowest BCUT2D eigenvalue weighted by atomic mass is 10.1. The van der Waals surface area contributed by atoms with E-state index in [9.17, 15) is 9.18 Å². The molecule has 0 aliphatic carbocycles. The lowest BCUT2D eigenvalue weighted by molar-refractivity contribution is -0.116. The van der Waals surface area contributed by atoms with E-state index in [1.54, 1.807) is 0 Å². The monoisotopic (exact) mass is 252 g/mol. The van der Waals surface area contributed by atoms with Crippen molar-refractivity contribution in [2.75, 3.05) is 19.0 Å². The van der Waals surface area contributed by atoms with Gasteiger partial charge < -0.3 is 15.4 Å². The highest BCUT2D eigenvalue weighted by atomic mass is 19.1. The molecule has 5 heteroatoms. The van der Waals surface area contributed by atoms with Gasteiger partial charge >= 0.3 is 0 Å². The number of halogens is 1. The predicted octanol–water partition coefficient (Wildman–Crippen LogP) is 1.91. The zero-order chi connectivity index (χ0) is 13.0. The van der Waals surface area contributed by atoms with Crippen LogP contribution >= 0.6 is 0 Å². The van der Waals surface area contributed by atoms with E-state index < -0.39 is 5.82 Å². The van der Waals surface area contributed by atoms with Gasteiger partial charge in [0.15, 0.2) is 11.6 Å². The molecule has 1 fully saturated rings. The summed E-state index contributed by atoms with van der Waals surface area (Å²) in [5.74, 6) is -0.372. The predicted molar refractivity (Wildman–Crippen MR) is 67.2 cm³/mol. The lowest BCUT2D eigenvalue weighted by Gasteiger charge is -2.11. The Morgan fingerprint density at radius 1 is 1.61 bits per heavy atom. The first-order valence-corrected chi connectivity index (χ1v) is 6.06. The number of carbonyl (C=O) groups is 1. The van der Waals surface area contributed by atoms with Gasteiger partial charge in [-0.25, -0.2) is 4.39 Å². The summed E-state index contributed by atoms with van der Waals surface area (Å²) in [6.07, 6.45) is 2.59. The summed E-state index contributed by atoms with van der Waals surface area (Å²) in [4.78, 5) is 11.8. The molecule has 2 rings (SSSR count). The number of hydrogen-bond donors (Lipinski definition) is 2. The van der Waals surface area contributed by atoms with E-state index in [0.29, 0.717) is 12.1 Å². The van der Waals surface area contributed by atoms with Crippen LogP contribution in [0.4, 0.5) is 10.1 Å².